The van der Waals surface area contributed by atoms with E-state index in [2.05, 4.69) is 10.3 Å². The molecule has 206 valence electrons. The van der Waals surface area contributed by atoms with Crippen LogP contribution in [0.3, 0.4) is 0 Å². The number of carbonyl (C=O) groups excluding carboxylic acids is 2. The van der Waals surface area contributed by atoms with E-state index in [1.54, 1.807) is 12.1 Å². The predicted octanol–water partition coefficient (Wildman–Crippen LogP) is 3.48. The van der Waals surface area contributed by atoms with Crippen LogP contribution in [-0.4, -0.2) is 45.0 Å². The molecule has 1 aliphatic rings. The number of urea groups is 1. The number of nitrogens with zero attached hydrogens (tertiary/aromatic N) is 3. The number of hydrogen-bond acceptors (Lipinski definition) is 5. The smallest absolute Gasteiger partial charge is 0.325 e. The van der Waals surface area contributed by atoms with Gasteiger partial charge >= 0.3 is 16.2 Å². The third-order valence-corrected chi connectivity index (χ3v) is 7.41. The highest BCUT2D eigenvalue weighted by atomic mass is 32.2. The van der Waals surface area contributed by atoms with Crippen LogP contribution in [0.5, 0.6) is 0 Å². The fourth-order valence-electron chi connectivity index (χ4n) is 4.14. The predicted molar refractivity (Wildman–Crippen MR) is 135 cm³/mol. The fourth-order valence-corrected chi connectivity index (χ4v) is 5.27. The monoisotopic (exact) mass is 565 g/mol. The lowest BCUT2D eigenvalue weighted by Gasteiger charge is -2.26. The molecule has 3 amide bonds. The minimum Gasteiger partial charge on any atom is -0.325 e. The lowest BCUT2D eigenvalue weighted by molar-refractivity contribution is -0.120. The van der Waals surface area contributed by atoms with Gasteiger partial charge in [0.2, 0.25) is 5.91 Å². The third-order valence-electron chi connectivity index (χ3n) is 6.03. The van der Waals surface area contributed by atoms with Crippen LogP contribution in [0.2, 0.25) is 0 Å². The normalized spacial score (nSPS) is 13.6. The Labute approximate surface area is 221 Å². The minimum atomic E-state index is -4.42. The van der Waals surface area contributed by atoms with Crippen LogP contribution in [0.4, 0.5) is 33.9 Å². The molecule has 0 saturated heterocycles. The van der Waals surface area contributed by atoms with Gasteiger partial charge < -0.3 is 10.2 Å². The first kappa shape index (κ1) is 27.8. The average Bonchev–Trinajstić information content (AvgIpc) is 3.32. The number of likely N-dealkylation sites (N-methyl/N-ethyl adjacent to an activating group) is 1. The van der Waals surface area contributed by atoms with Crippen molar-refractivity contribution in [3.05, 3.63) is 89.1 Å². The standard InChI is InChI=1S/C25H23F4N5O4S/c1-33(20-6-4-16(5-7-20)22(28)29)24(35)21(13-15-11-18(26)14-19(27)12-15)31-25(36)32-39(37,38)34-10-8-17-3-2-9-30-23(17)34/h2-7,9,11-12,14,21-22H,8,10,13H2,1H3,(H2,31,32,36)/t21-/m0/s1. The number of hydrogen-bond donors (Lipinski definition) is 2. The van der Waals surface area contributed by atoms with Gasteiger partial charge in [-0.15, -0.1) is 0 Å². The van der Waals surface area contributed by atoms with Gasteiger partial charge in [0.25, 0.3) is 6.43 Å². The Morgan fingerprint density at radius 3 is 2.38 bits per heavy atom. The van der Waals surface area contributed by atoms with Gasteiger partial charge in [0, 0.05) is 43.5 Å². The summed E-state index contributed by atoms with van der Waals surface area (Å²) in [7, 11) is -3.12. The van der Waals surface area contributed by atoms with E-state index in [4.69, 9.17) is 0 Å². The molecule has 2 N–H and O–H groups in total. The molecule has 0 saturated carbocycles. The molecule has 1 atom stereocenters. The Morgan fingerprint density at radius 2 is 1.74 bits per heavy atom. The Morgan fingerprint density at radius 1 is 1.08 bits per heavy atom. The number of fused-ring (bicyclic) bond motifs is 1. The highest BCUT2D eigenvalue weighted by Gasteiger charge is 2.33. The Kier molecular flexibility index (Phi) is 8.04. The van der Waals surface area contributed by atoms with Crippen molar-refractivity contribution < 1.29 is 35.6 Å². The van der Waals surface area contributed by atoms with Crippen molar-refractivity contribution in [2.75, 3.05) is 22.8 Å². The van der Waals surface area contributed by atoms with Gasteiger partial charge in [0.1, 0.15) is 23.5 Å². The second-order valence-electron chi connectivity index (χ2n) is 8.71. The Balaban J connectivity index is 1.55. The highest BCUT2D eigenvalue weighted by molar-refractivity contribution is 7.91. The molecule has 2 aromatic carbocycles. The van der Waals surface area contributed by atoms with Crippen LogP contribution in [0.1, 0.15) is 23.1 Å². The molecule has 39 heavy (non-hydrogen) atoms. The lowest BCUT2D eigenvalue weighted by Crippen LogP contribution is -2.54. The summed E-state index contributed by atoms with van der Waals surface area (Å²) in [6.07, 6.45) is -1.34. The number of benzene rings is 2. The number of rotatable bonds is 8. The summed E-state index contributed by atoms with van der Waals surface area (Å²) < 4.78 is 82.0. The first-order chi connectivity index (χ1) is 18.4. The van der Waals surface area contributed by atoms with E-state index < -0.39 is 52.7 Å². The van der Waals surface area contributed by atoms with Gasteiger partial charge in [0.15, 0.2) is 0 Å². The molecule has 0 radical (unpaired) electrons. The summed E-state index contributed by atoms with van der Waals surface area (Å²) in [6.45, 7) is 0.0389. The molecular formula is C25H23F4N5O4S. The third kappa shape index (κ3) is 6.45. The number of alkyl halides is 2. The van der Waals surface area contributed by atoms with Crippen LogP contribution >= 0.6 is 0 Å². The fraction of sp³-hybridized carbons (Fsp3) is 0.240. The molecule has 2 heterocycles. The Bertz CT molecular complexity index is 1470. The summed E-state index contributed by atoms with van der Waals surface area (Å²) in [5.74, 6) is -2.48. The number of pyridine rings is 1. The van der Waals surface area contributed by atoms with Crippen molar-refractivity contribution in [1.82, 2.24) is 15.0 Å². The maximum Gasteiger partial charge on any atom is 0.330 e. The van der Waals surface area contributed by atoms with Crippen molar-refractivity contribution in [1.29, 1.82) is 0 Å². The van der Waals surface area contributed by atoms with E-state index in [0.717, 1.165) is 33.5 Å². The van der Waals surface area contributed by atoms with Gasteiger partial charge in [0.05, 0.1) is 0 Å². The van der Waals surface area contributed by atoms with Crippen LogP contribution < -0.4 is 19.2 Å². The molecule has 0 bridgehead atoms. The first-order valence-electron chi connectivity index (χ1n) is 11.6. The molecule has 0 unspecified atom stereocenters. The van der Waals surface area contributed by atoms with Gasteiger partial charge in [-0.2, -0.15) is 8.42 Å². The van der Waals surface area contributed by atoms with E-state index in [1.807, 2.05) is 4.72 Å². The van der Waals surface area contributed by atoms with Gasteiger partial charge in [-0.05, 0) is 47.9 Å². The van der Waals surface area contributed by atoms with Crippen molar-refractivity contribution in [3.8, 4) is 0 Å². The lowest BCUT2D eigenvalue weighted by atomic mass is 10.0. The molecule has 14 heteroatoms. The van der Waals surface area contributed by atoms with Crippen LogP contribution in [0, 0.1) is 11.6 Å². The molecular weight excluding hydrogens is 542 g/mol. The molecule has 4 rings (SSSR count). The average molecular weight is 566 g/mol. The maximum atomic E-state index is 13.8. The van der Waals surface area contributed by atoms with Crippen LogP contribution in [0.25, 0.3) is 0 Å². The Hall–Kier alpha value is -4.20. The number of halogens is 4. The molecule has 0 fully saturated rings. The molecule has 1 aromatic heterocycles. The van der Waals surface area contributed by atoms with E-state index in [-0.39, 0.29) is 29.2 Å². The summed E-state index contributed by atoms with van der Waals surface area (Å²) in [4.78, 5) is 31.2. The number of anilines is 2. The highest BCUT2D eigenvalue weighted by Crippen LogP contribution is 2.27. The molecule has 9 nitrogen and oxygen atoms in total. The van der Waals surface area contributed by atoms with Crippen molar-refractivity contribution in [2.24, 2.45) is 0 Å². The van der Waals surface area contributed by atoms with Crippen LogP contribution in [0.15, 0.2) is 60.8 Å². The van der Waals surface area contributed by atoms with Crippen molar-refractivity contribution >= 4 is 33.7 Å². The number of amides is 3. The second kappa shape index (κ2) is 11.3. The second-order valence-corrected chi connectivity index (χ2v) is 10.3. The zero-order valence-corrected chi connectivity index (χ0v) is 21.3. The number of carbonyl (C=O) groups is 2. The van der Waals surface area contributed by atoms with Gasteiger partial charge in [-0.25, -0.2) is 36.4 Å². The summed E-state index contributed by atoms with van der Waals surface area (Å²) in [5, 5.41) is 2.26. The molecule has 0 spiro atoms. The van der Waals surface area contributed by atoms with Crippen molar-refractivity contribution in [3.63, 3.8) is 0 Å². The largest absolute Gasteiger partial charge is 0.330 e. The van der Waals surface area contributed by atoms with Crippen LogP contribution in [-0.2, 0) is 27.8 Å². The first-order valence-corrected chi connectivity index (χ1v) is 13.0. The number of nitrogens with one attached hydrogen (secondary N) is 2. The van der Waals surface area contributed by atoms with E-state index >= 15 is 0 Å². The maximum absolute atomic E-state index is 13.8. The molecule has 3 aromatic rings. The van der Waals surface area contributed by atoms with E-state index in [9.17, 15) is 35.6 Å². The van der Waals surface area contributed by atoms with E-state index in [1.165, 1.54) is 25.4 Å². The SMILES string of the molecule is CN(C(=O)[C@H](Cc1cc(F)cc(F)c1)NC(=O)NS(=O)(=O)N1CCc2cccnc21)c1ccc(C(F)F)cc1. The quantitative estimate of drug-likeness (QED) is 0.407. The van der Waals surface area contributed by atoms with Gasteiger partial charge in [-0.1, -0.05) is 18.2 Å². The number of aromatic nitrogens is 1. The van der Waals surface area contributed by atoms with Gasteiger partial charge in [-0.3, -0.25) is 4.79 Å². The van der Waals surface area contributed by atoms with E-state index in [0.29, 0.717) is 18.1 Å². The molecule has 0 aliphatic carbocycles. The molecule has 1 aliphatic heterocycles. The summed E-state index contributed by atoms with van der Waals surface area (Å²) >= 11 is 0. The van der Waals surface area contributed by atoms with Crippen molar-refractivity contribution in [2.45, 2.75) is 25.3 Å². The topological polar surface area (TPSA) is 112 Å². The summed E-state index contributed by atoms with van der Waals surface area (Å²) in [6, 6.07) is 7.92. The zero-order chi connectivity index (χ0) is 28.3. The zero-order valence-electron chi connectivity index (χ0n) is 20.4. The minimum absolute atomic E-state index is 0.00752. The summed E-state index contributed by atoms with van der Waals surface area (Å²) in [5.41, 5.74) is 0.596.